The van der Waals surface area contributed by atoms with Crippen molar-refractivity contribution >= 4 is 5.69 Å². The van der Waals surface area contributed by atoms with Crippen LogP contribution >= 0.6 is 0 Å². The molecule has 0 aliphatic carbocycles. The van der Waals surface area contributed by atoms with Gasteiger partial charge in [-0.25, -0.2) is 4.39 Å². The van der Waals surface area contributed by atoms with Crippen molar-refractivity contribution in [2.24, 2.45) is 0 Å². The average molecular weight is 436 g/mol. The minimum atomic E-state index is -4.97. The lowest BCUT2D eigenvalue weighted by atomic mass is 9.72. The number of para-hydroxylation sites is 1. The number of aliphatic hydroxyl groups is 1. The van der Waals surface area contributed by atoms with Crippen LogP contribution < -0.4 is 10.1 Å². The summed E-state index contributed by atoms with van der Waals surface area (Å²) in [6.45, 7) is 3.00. The first-order chi connectivity index (χ1) is 14.4. The summed E-state index contributed by atoms with van der Waals surface area (Å²) in [7, 11) is 1.35. The fraction of sp³-hybridized carbons (Fsp3) is 0.435. The average Bonchev–Trinajstić information content (AvgIpc) is 3.03. The van der Waals surface area contributed by atoms with Gasteiger partial charge in [-0.3, -0.25) is 0 Å². The Bertz CT molecular complexity index is 1000. The molecule has 0 saturated carbocycles. The van der Waals surface area contributed by atoms with Crippen molar-refractivity contribution in [3.05, 3.63) is 59.4 Å². The minimum absolute atomic E-state index is 0.220. The molecular weight excluding hydrogens is 412 g/mol. The van der Waals surface area contributed by atoms with Crippen LogP contribution in [0.15, 0.2) is 42.5 Å². The maximum absolute atomic E-state index is 14.2. The summed E-state index contributed by atoms with van der Waals surface area (Å²) in [5, 5.41) is 23.5. The molecular formula is C23H24F4N2O2. The van der Waals surface area contributed by atoms with Crippen molar-refractivity contribution in [1.82, 2.24) is 0 Å². The van der Waals surface area contributed by atoms with E-state index in [9.17, 15) is 27.9 Å². The fourth-order valence-corrected chi connectivity index (χ4v) is 4.42. The van der Waals surface area contributed by atoms with Crippen LogP contribution in [-0.2, 0) is 5.41 Å². The summed E-state index contributed by atoms with van der Waals surface area (Å²) < 4.78 is 61.6. The Hall–Kier alpha value is -2.79. The Balaban J connectivity index is 1.96. The van der Waals surface area contributed by atoms with E-state index in [1.807, 2.05) is 0 Å². The van der Waals surface area contributed by atoms with Gasteiger partial charge in [0, 0.05) is 23.7 Å². The molecule has 166 valence electrons. The number of anilines is 1. The van der Waals surface area contributed by atoms with Crippen LogP contribution in [0.3, 0.4) is 0 Å². The SMILES string of the molecule is COc1ccc(F)cc1C(C)(C)CC(O)(CC1Nc2ccccc2C1C#N)C(F)(F)F. The van der Waals surface area contributed by atoms with E-state index < -0.39 is 47.8 Å². The standard InChI is InChI=1S/C23H24F4N2O2/c1-21(2,17-10-14(24)8-9-20(17)31-3)13-22(30,23(25,26)27)11-19-16(12-28)15-6-4-5-7-18(15)29-19/h4-10,16,19,29-30H,11,13H2,1-3H3. The number of hydrogen-bond donors (Lipinski definition) is 2. The molecule has 0 bridgehead atoms. The Morgan fingerprint density at radius 2 is 1.84 bits per heavy atom. The monoisotopic (exact) mass is 436 g/mol. The van der Waals surface area contributed by atoms with Gasteiger partial charge in [0.05, 0.1) is 19.1 Å². The van der Waals surface area contributed by atoms with Crippen LogP contribution in [0.4, 0.5) is 23.2 Å². The Morgan fingerprint density at radius 3 is 2.45 bits per heavy atom. The second-order valence-electron chi connectivity index (χ2n) is 8.58. The lowest BCUT2D eigenvalue weighted by molar-refractivity contribution is -0.270. The van der Waals surface area contributed by atoms with E-state index in [2.05, 4.69) is 11.4 Å². The zero-order valence-corrected chi connectivity index (χ0v) is 17.4. The Kier molecular flexibility index (Phi) is 5.94. The normalized spacial score (nSPS) is 20.4. The quantitative estimate of drug-likeness (QED) is 0.604. The van der Waals surface area contributed by atoms with Gasteiger partial charge < -0.3 is 15.2 Å². The molecule has 3 rings (SSSR count). The smallest absolute Gasteiger partial charge is 0.417 e. The number of nitrogens with one attached hydrogen (secondary N) is 1. The maximum atomic E-state index is 14.2. The molecule has 0 fully saturated rings. The van der Waals surface area contributed by atoms with Crippen LogP contribution in [0.1, 0.15) is 43.7 Å². The fourth-order valence-electron chi connectivity index (χ4n) is 4.42. The predicted octanol–water partition coefficient (Wildman–Crippen LogP) is 5.29. The van der Waals surface area contributed by atoms with Gasteiger partial charge >= 0.3 is 6.18 Å². The first kappa shape index (κ1) is 22.9. The summed E-state index contributed by atoms with van der Waals surface area (Å²) in [6.07, 6.45) is -6.44. The first-order valence-electron chi connectivity index (χ1n) is 9.80. The van der Waals surface area contributed by atoms with Crippen molar-refractivity contribution in [3.8, 4) is 11.8 Å². The topological polar surface area (TPSA) is 65.3 Å². The van der Waals surface area contributed by atoms with Crippen LogP contribution in [0.2, 0.25) is 0 Å². The highest BCUT2D eigenvalue weighted by Gasteiger charge is 2.58. The lowest BCUT2D eigenvalue weighted by Gasteiger charge is -2.40. The number of nitriles is 1. The molecule has 31 heavy (non-hydrogen) atoms. The number of benzene rings is 2. The van der Waals surface area contributed by atoms with E-state index in [0.717, 1.165) is 12.1 Å². The third-order valence-electron chi connectivity index (χ3n) is 5.89. The number of halogens is 4. The summed E-state index contributed by atoms with van der Waals surface area (Å²) in [5.74, 6) is -1.22. The van der Waals surface area contributed by atoms with Crippen molar-refractivity contribution < 1.29 is 27.4 Å². The lowest BCUT2D eigenvalue weighted by Crippen LogP contribution is -2.52. The second kappa shape index (κ2) is 8.04. The van der Waals surface area contributed by atoms with Crippen molar-refractivity contribution in [3.63, 3.8) is 0 Å². The number of rotatable bonds is 6. The van der Waals surface area contributed by atoms with E-state index in [1.54, 1.807) is 24.3 Å². The number of nitrogens with zero attached hydrogens (tertiary/aromatic N) is 1. The molecule has 0 spiro atoms. The van der Waals surface area contributed by atoms with E-state index in [0.29, 0.717) is 11.3 Å². The summed E-state index contributed by atoms with van der Waals surface area (Å²) in [4.78, 5) is 0. The molecule has 4 nitrogen and oxygen atoms in total. The Morgan fingerprint density at radius 1 is 1.16 bits per heavy atom. The molecule has 1 aliphatic rings. The van der Waals surface area contributed by atoms with Crippen LogP contribution in [-0.4, -0.2) is 30.0 Å². The Labute approximate surface area is 178 Å². The predicted molar refractivity (Wildman–Crippen MR) is 108 cm³/mol. The summed E-state index contributed by atoms with van der Waals surface area (Å²) in [6, 6.07) is 11.6. The zero-order chi connectivity index (χ0) is 23.0. The van der Waals surface area contributed by atoms with E-state index >= 15 is 0 Å². The molecule has 8 heteroatoms. The maximum Gasteiger partial charge on any atom is 0.417 e. The van der Waals surface area contributed by atoms with Gasteiger partial charge in [0.25, 0.3) is 0 Å². The second-order valence-corrected chi connectivity index (χ2v) is 8.58. The van der Waals surface area contributed by atoms with Gasteiger partial charge in [-0.15, -0.1) is 0 Å². The number of fused-ring (bicyclic) bond motifs is 1. The van der Waals surface area contributed by atoms with Crippen LogP contribution in [0.5, 0.6) is 5.75 Å². The van der Waals surface area contributed by atoms with Crippen LogP contribution in [0.25, 0.3) is 0 Å². The van der Waals surface area contributed by atoms with Gasteiger partial charge in [0.15, 0.2) is 5.60 Å². The van der Waals surface area contributed by atoms with E-state index in [4.69, 9.17) is 4.74 Å². The third kappa shape index (κ3) is 4.33. The van der Waals surface area contributed by atoms with Gasteiger partial charge in [-0.05, 0) is 41.7 Å². The zero-order valence-electron chi connectivity index (χ0n) is 17.4. The minimum Gasteiger partial charge on any atom is -0.496 e. The summed E-state index contributed by atoms with van der Waals surface area (Å²) in [5.41, 5.74) is -3.01. The van der Waals surface area contributed by atoms with E-state index in [-0.39, 0.29) is 11.3 Å². The molecule has 2 aromatic carbocycles. The molecule has 3 atom stereocenters. The third-order valence-corrected chi connectivity index (χ3v) is 5.89. The van der Waals surface area contributed by atoms with Gasteiger partial charge in [0.1, 0.15) is 11.6 Å². The number of hydrogen-bond acceptors (Lipinski definition) is 4. The van der Waals surface area contributed by atoms with Gasteiger partial charge in [0.2, 0.25) is 0 Å². The highest BCUT2D eigenvalue weighted by Crippen LogP contribution is 2.48. The van der Waals surface area contributed by atoms with E-state index in [1.165, 1.54) is 27.0 Å². The van der Waals surface area contributed by atoms with Crippen molar-refractivity contribution in [2.45, 2.75) is 55.8 Å². The van der Waals surface area contributed by atoms with Gasteiger partial charge in [-0.2, -0.15) is 18.4 Å². The molecule has 0 amide bonds. The van der Waals surface area contributed by atoms with Crippen LogP contribution in [0, 0.1) is 17.1 Å². The molecule has 0 radical (unpaired) electrons. The molecule has 3 unspecified atom stereocenters. The highest BCUT2D eigenvalue weighted by atomic mass is 19.4. The number of methoxy groups -OCH3 is 1. The van der Waals surface area contributed by atoms with Crippen molar-refractivity contribution in [2.75, 3.05) is 12.4 Å². The van der Waals surface area contributed by atoms with Crippen molar-refractivity contribution in [1.29, 1.82) is 5.26 Å². The molecule has 1 aliphatic heterocycles. The molecule has 2 aromatic rings. The first-order valence-corrected chi connectivity index (χ1v) is 9.80. The molecule has 0 saturated heterocycles. The highest BCUT2D eigenvalue weighted by molar-refractivity contribution is 5.61. The van der Waals surface area contributed by atoms with Gasteiger partial charge in [-0.1, -0.05) is 32.0 Å². The molecule has 0 aromatic heterocycles. The number of ether oxygens (including phenoxy) is 1. The molecule has 1 heterocycles. The largest absolute Gasteiger partial charge is 0.496 e. The summed E-state index contributed by atoms with van der Waals surface area (Å²) >= 11 is 0. The molecule has 2 N–H and O–H groups in total. The number of alkyl halides is 3.